The number of rotatable bonds is 4. The summed E-state index contributed by atoms with van der Waals surface area (Å²) in [5.41, 5.74) is 2.46. The summed E-state index contributed by atoms with van der Waals surface area (Å²) in [5.74, 6) is -0.585. The van der Waals surface area contributed by atoms with Gasteiger partial charge in [0.05, 0.1) is 6.61 Å². The molecule has 2 rings (SSSR count). The smallest absolute Gasteiger partial charge is 0.255 e. The van der Waals surface area contributed by atoms with Gasteiger partial charge in [0.2, 0.25) is 0 Å². The molecule has 2 aromatic rings. The van der Waals surface area contributed by atoms with Gasteiger partial charge in [0.15, 0.2) is 0 Å². The number of carbonyl (C=O) groups excluding carboxylic acids is 1. The minimum atomic E-state index is -0.318. The molecule has 0 aliphatic rings. The zero-order valence-electron chi connectivity index (χ0n) is 11.4. The van der Waals surface area contributed by atoms with Crippen molar-refractivity contribution >= 4 is 11.6 Å². The Morgan fingerprint density at radius 2 is 2.00 bits per heavy atom. The summed E-state index contributed by atoms with van der Waals surface area (Å²) in [5, 5.41) is 2.82. The maximum absolute atomic E-state index is 13.2. The molecule has 0 aromatic heterocycles. The number of methoxy groups -OCH3 is 1. The van der Waals surface area contributed by atoms with E-state index in [1.165, 1.54) is 18.2 Å². The van der Waals surface area contributed by atoms with Gasteiger partial charge < -0.3 is 10.1 Å². The van der Waals surface area contributed by atoms with Crippen molar-refractivity contribution in [3.63, 3.8) is 0 Å². The zero-order valence-corrected chi connectivity index (χ0v) is 11.4. The molecule has 0 aliphatic carbocycles. The highest BCUT2D eigenvalue weighted by Gasteiger charge is 2.10. The minimum absolute atomic E-state index is 0.267. The van der Waals surface area contributed by atoms with Gasteiger partial charge >= 0.3 is 0 Å². The lowest BCUT2D eigenvalue weighted by molar-refractivity contribution is 0.102. The van der Waals surface area contributed by atoms with Gasteiger partial charge in [-0.3, -0.25) is 4.79 Å². The van der Waals surface area contributed by atoms with Gasteiger partial charge in [-0.25, -0.2) is 4.39 Å². The van der Waals surface area contributed by atoms with Crippen molar-refractivity contribution in [1.29, 1.82) is 0 Å². The molecule has 0 atom stereocenters. The number of para-hydroxylation sites is 1. The molecule has 0 bridgehead atoms. The van der Waals surface area contributed by atoms with Gasteiger partial charge in [-0.2, -0.15) is 0 Å². The van der Waals surface area contributed by atoms with E-state index < -0.39 is 0 Å². The van der Waals surface area contributed by atoms with Crippen molar-refractivity contribution in [3.8, 4) is 0 Å². The lowest BCUT2D eigenvalue weighted by atomic mass is 10.1. The molecule has 0 fully saturated rings. The van der Waals surface area contributed by atoms with Crippen LogP contribution in [0.5, 0.6) is 0 Å². The Labute approximate surface area is 117 Å². The van der Waals surface area contributed by atoms with E-state index in [4.69, 9.17) is 4.74 Å². The molecular weight excluding hydrogens is 257 g/mol. The van der Waals surface area contributed by atoms with Crippen LogP contribution in [0.4, 0.5) is 10.1 Å². The lowest BCUT2D eigenvalue weighted by Crippen LogP contribution is -2.13. The number of ether oxygens (including phenoxy) is 1. The highest BCUT2D eigenvalue weighted by atomic mass is 19.1. The first-order valence-corrected chi connectivity index (χ1v) is 6.26. The van der Waals surface area contributed by atoms with Crippen LogP contribution in [-0.2, 0) is 11.3 Å². The summed E-state index contributed by atoms with van der Waals surface area (Å²) < 4.78 is 18.3. The minimum Gasteiger partial charge on any atom is -0.380 e. The summed E-state index contributed by atoms with van der Waals surface area (Å²) in [7, 11) is 1.60. The summed E-state index contributed by atoms with van der Waals surface area (Å²) in [6, 6.07) is 11.7. The topological polar surface area (TPSA) is 38.3 Å². The van der Waals surface area contributed by atoms with Crippen molar-refractivity contribution in [2.45, 2.75) is 13.5 Å². The molecule has 1 amide bonds. The fourth-order valence-corrected chi connectivity index (χ4v) is 1.90. The predicted molar refractivity (Wildman–Crippen MR) is 76.2 cm³/mol. The van der Waals surface area contributed by atoms with E-state index in [2.05, 4.69) is 5.32 Å². The SMILES string of the molecule is COCc1ccccc1NC(=O)c1ccc(F)c(C)c1. The van der Waals surface area contributed by atoms with Gasteiger partial charge in [-0.15, -0.1) is 0 Å². The first-order chi connectivity index (χ1) is 9.61. The fourth-order valence-electron chi connectivity index (χ4n) is 1.90. The molecule has 0 saturated heterocycles. The van der Waals surface area contributed by atoms with Crippen LogP contribution in [0.15, 0.2) is 42.5 Å². The average molecular weight is 273 g/mol. The number of hydrogen-bond acceptors (Lipinski definition) is 2. The van der Waals surface area contributed by atoms with Crippen molar-refractivity contribution in [2.75, 3.05) is 12.4 Å². The largest absolute Gasteiger partial charge is 0.380 e. The maximum atomic E-state index is 13.2. The lowest BCUT2D eigenvalue weighted by Gasteiger charge is -2.11. The number of nitrogens with one attached hydrogen (secondary N) is 1. The number of hydrogen-bond donors (Lipinski definition) is 1. The number of aryl methyl sites for hydroxylation is 1. The Bertz CT molecular complexity index is 626. The molecule has 0 aliphatic heterocycles. The number of amides is 1. The van der Waals surface area contributed by atoms with E-state index >= 15 is 0 Å². The number of benzene rings is 2. The number of anilines is 1. The van der Waals surface area contributed by atoms with E-state index in [1.54, 1.807) is 14.0 Å². The van der Waals surface area contributed by atoms with Crippen LogP contribution >= 0.6 is 0 Å². The van der Waals surface area contributed by atoms with Crippen LogP contribution in [0.1, 0.15) is 21.5 Å². The molecule has 4 heteroatoms. The molecule has 0 saturated carbocycles. The van der Waals surface area contributed by atoms with E-state index in [0.717, 1.165) is 5.56 Å². The molecule has 0 spiro atoms. The monoisotopic (exact) mass is 273 g/mol. The highest BCUT2D eigenvalue weighted by molar-refractivity contribution is 6.04. The summed E-state index contributed by atoms with van der Waals surface area (Å²) >= 11 is 0. The van der Waals surface area contributed by atoms with E-state index in [0.29, 0.717) is 23.4 Å². The Balaban J connectivity index is 2.21. The van der Waals surface area contributed by atoms with Crippen LogP contribution in [0.2, 0.25) is 0 Å². The third-order valence-corrected chi connectivity index (χ3v) is 2.99. The Hall–Kier alpha value is -2.20. The Kier molecular flexibility index (Phi) is 4.48. The Morgan fingerprint density at radius 1 is 1.25 bits per heavy atom. The van der Waals surface area contributed by atoms with Gasteiger partial charge in [0.25, 0.3) is 5.91 Å². The summed E-state index contributed by atoms with van der Waals surface area (Å²) in [6.45, 7) is 2.05. The molecular formula is C16H16FNO2. The van der Waals surface area contributed by atoms with Crippen molar-refractivity contribution in [2.24, 2.45) is 0 Å². The van der Waals surface area contributed by atoms with Gasteiger partial charge in [0.1, 0.15) is 5.82 Å². The second-order valence-corrected chi connectivity index (χ2v) is 4.51. The first kappa shape index (κ1) is 14.2. The fraction of sp³-hybridized carbons (Fsp3) is 0.188. The average Bonchev–Trinajstić information content (AvgIpc) is 2.44. The van der Waals surface area contributed by atoms with Crippen LogP contribution in [0.25, 0.3) is 0 Å². The van der Waals surface area contributed by atoms with Gasteiger partial charge in [-0.05, 0) is 36.8 Å². The van der Waals surface area contributed by atoms with Crippen LogP contribution < -0.4 is 5.32 Å². The van der Waals surface area contributed by atoms with Crippen LogP contribution in [0.3, 0.4) is 0 Å². The second kappa shape index (κ2) is 6.30. The Morgan fingerprint density at radius 3 is 2.70 bits per heavy atom. The summed E-state index contributed by atoms with van der Waals surface area (Å²) in [6.07, 6.45) is 0. The first-order valence-electron chi connectivity index (χ1n) is 6.26. The molecule has 2 aromatic carbocycles. The molecule has 0 radical (unpaired) electrons. The van der Waals surface area contributed by atoms with Crippen LogP contribution in [0, 0.1) is 12.7 Å². The number of carbonyl (C=O) groups is 1. The van der Waals surface area contributed by atoms with Crippen LogP contribution in [-0.4, -0.2) is 13.0 Å². The molecule has 1 N–H and O–H groups in total. The second-order valence-electron chi connectivity index (χ2n) is 4.51. The van der Waals surface area contributed by atoms with Gasteiger partial charge in [-0.1, -0.05) is 18.2 Å². The van der Waals surface area contributed by atoms with Crippen molar-refractivity contribution in [3.05, 3.63) is 65.0 Å². The third kappa shape index (κ3) is 3.22. The quantitative estimate of drug-likeness (QED) is 0.925. The van der Waals surface area contributed by atoms with E-state index in [-0.39, 0.29) is 11.7 Å². The zero-order chi connectivity index (χ0) is 14.5. The molecule has 3 nitrogen and oxygen atoms in total. The standard InChI is InChI=1S/C16H16FNO2/c1-11-9-12(7-8-14(11)17)16(19)18-15-6-4-3-5-13(15)10-20-2/h3-9H,10H2,1-2H3,(H,18,19). The van der Waals surface area contributed by atoms with Gasteiger partial charge in [0, 0.05) is 23.9 Å². The molecule has 0 heterocycles. The maximum Gasteiger partial charge on any atom is 0.255 e. The highest BCUT2D eigenvalue weighted by Crippen LogP contribution is 2.18. The third-order valence-electron chi connectivity index (χ3n) is 2.99. The van der Waals surface area contributed by atoms with E-state index in [9.17, 15) is 9.18 Å². The number of halogens is 1. The predicted octanol–water partition coefficient (Wildman–Crippen LogP) is 3.53. The molecule has 0 unspecified atom stereocenters. The molecule has 20 heavy (non-hydrogen) atoms. The summed E-state index contributed by atoms with van der Waals surface area (Å²) in [4.78, 5) is 12.2. The normalized spacial score (nSPS) is 10.3. The molecule has 104 valence electrons. The van der Waals surface area contributed by atoms with Crippen molar-refractivity contribution < 1.29 is 13.9 Å². The van der Waals surface area contributed by atoms with Crippen molar-refractivity contribution in [1.82, 2.24) is 0 Å². The van der Waals surface area contributed by atoms with E-state index in [1.807, 2.05) is 24.3 Å².